The van der Waals surface area contributed by atoms with Crippen molar-refractivity contribution in [1.29, 1.82) is 0 Å². The number of hydrogen-bond donors (Lipinski definition) is 2. The zero-order valence-corrected chi connectivity index (χ0v) is 14.0. The molecular weight excluding hydrogens is 330 g/mol. The third kappa shape index (κ3) is 4.03. The van der Waals surface area contributed by atoms with Crippen LogP contribution >= 0.6 is 0 Å². The molecule has 0 saturated carbocycles. The van der Waals surface area contributed by atoms with Crippen LogP contribution in [0.2, 0.25) is 0 Å². The molecule has 0 saturated heterocycles. The first-order chi connectivity index (χ1) is 11.5. The molecule has 7 nitrogen and oxygen atoms in total. The van der Waals surface area contributed by atoms with Crippen molar-refractivity contribution >= 4 is 21.6 Å². The number of anilines is 1. The van der Waals surface area contributed by atoms with Crippen molar-refractivity contribution in [2.24, 2.45) is 5.84 Å². The summed E-state index contributed by atoms with van der Waals surface area (Å²) in [5, 5.41) is 0. The van der Waals surface area contributed by atoms with Crippen molar-refractivity contribution in [2.45, 2.75) is 11.8 Å². The average Bonchev–Trinajstić information content (AvgIpc) is 2.60. The van der Waals surface area contributed by atoms with Crippen LogP contribution in [0.1, 0.15) is 6.92 Å². The summed E-state index contributed by atoms with van der Waals surface area (Å²) in [4.78, 5) is 11.7. The van der Waals surface area contributed by atoms with Crippen LogP contribution in [-0.2, 0) is 14.8 Å². The van der Waals surface area contributed by atoms with Crippen molar-refractivity contribution in [3.63, 3.8) is 0 Å². The number of nitrogens with one attached hydrogen (secondary N) is 1. The number of carbonyl (C=O) groups is 1. The number of hydrazine groups is 1. The molecule has 2 aromatic rings. The zero-order valence-electron chi connectivity index (χ0n) is 13.2. The first-order valence-electron chi connectivity index (χ1n) is 7.29. The van der Waals surface area contributed by atoms with Crippen LogP contribution < -0.4 is 20.3 Å². The normalized spacial score (nSPS) is 10.9. The lowest BCUT2D eigenvalue weighted by molar-refractivity contribution is -0.119. The van der Waals surface area contributed by atoms with E-state index < -0.39 is 22.5 Å². The van der Waals surface area contributed by atoms with Crippen LogP contribution in [0.25, 0.3) is 0 Å². The Morgan fingerprint density at radius 3 is 2.29 bits per heavy atom. The van der Waals surface area contributed by atoms with E-state index >= 15 is 0 Å². The van der Waals surface area contributed by atoms with Gasteiger partial charge in [0.15, 0.2) is 0 Å². The number of benzene rings is 2. The SMILES string of the molecule is CCOc1ccc(S(=O)(=O)N(CC(=O)NN)c2ccccc2)cc1. The van der Waals surface area contributed by atoms with E-state index in [1.807, 2.05) is 12.3 Å². The number of ether oxygens (including phenoxy) is 1. The number of carbonyl (C=O) groups excluding carboxylic acids is 1. The van der Waals surface area contributed by atoms with E-state index in [0.717, 1.165) is 4.31 Å². The lowest BCUT2D eigenvalue weighted by Crippen LogP contribution is -2.43. The average molecular weight is 349 g/mol. The molecule has 0 aromatic heterocycles. The Labute approximate surface area is 141 Å². The fourth-order valence-corrected chi connectivity index (χ4v) is 3.51. The molecule has 0 fully saturated rings. The lowest BCUT2D eigenvalue weighted by Gasteiger charge is -2.23. The summed E-state index contributed by atoms with van der Waals surface area (Å²) in [6.45, 7) is 1.90. The molecular formula is C16H19N3O4S. The summed E-state index contributed by atoms with van der Waals surface area (Å²) < 4.78 is 32.2. The van der Waals surface area contributed by atoms with E-state index in [-0.39, 0.29) is 4.90 Å². The molecule has 0 bridgehead atoms. The number of hydrogen-bond acceptors (Lipinski definition) is 5. The Balaban J connectivity index is 2.41. The van der Waals surface area contributed by atoms with Gasteiger partial charge in [0.1, 0.15) is 12.3 Å². The van der Waals surface area contributed by atoms with Crippen molar-refractivity contribution in [3.05, 3.63) is 54.6 Å². The van der Waals surface area contributed by atoms with Gasteiger partial charge >= 0.3 is 0 Å². The van der Waals surface area contributed by atoms with Gasteiger partial charge in [-0.2, -0.15) is 0 Å². The first-order valence-corrected chi connectivity index (χ1v) is 8.73. The van der Waals surface area contributed by atoms with Crippen LogP contribution in [0, 0.1) is 0 Å². The molecule has 2 aromatic carbocycles. The van der Waals surface area contributed by atoms with Gasteiger partial charge in [-0.1, -0.05) is 18.2 Å². The van der Waals surface area contributed by atoms with Gasteiger partial charge in [0.25, 0.3) is 15.9 Å². The highest BCUT2D eigenvalue weighted by atomic mass is 32.2. The topological polar surface area (TPSA) is 102 Å². The first kappa shape index (κ1) is 17.8. The molecule has 24 heavy (non-hydrogen) atoms. The van der Waals surface area contributed by atoms with E-state index in [1.54, 1.807) is 42.5 Å². The molecule has 2 rings (SSSR count). The second-order valence-corrected chi connectivity index (χ2v) is 6.68. The minimum Gasteiger partial charge on any atom is -0.494 e. The van der Waals surface area contributed by atoms with E-state index in [9.17, 15) is 13.2 Å². The molecule has 0 aliphatic heterocycles. The predicted molar refractivity (Wildman–Crippen MR) is 90.9 cm³/mol. The highest BCUT2D eigenvalue weighted by molar-refractivity contribution is 7.92. The third-order valence-electron chi connectivity index (χ3n) is 3.22. The van der Waals surface area contributed by atoms with Crippen LogP contribution in [0.5, 0.6) is 5.75 Å². The smallest absolute Gasteiger partial charge is 0.264 e. The van der Waals surface area contributed by atoms with E-state index in [2.05, 4.69) is 0 Å². The largest absolute Gasteiger partial charge is 0.494 e. The summed E-state index contributed by atoms with van der Waals surface area (Å²) in [7, 11) is -3.93. The molecule has 0 aliphatic rings. The fraction of sp³-hybridized carbons (Fsp3) is 0.188. The highest BCUT2D eigenvalue weighted by Crippen LogP contribution is 2.24. The van der Waals surface area contributed by atoms with Crippen LogP contribution in [0.3, 0.4) is 0 Å². The number of sulfonamides is 1. The molecule has 0 unspecified atom stereocenters. The molecule has 0 spiro atoms. The highest BCUT2D eigenvalue weighted by Gasteiger charge is 2.26. The quantitative estimate of drug-likeness (QED) is 0.445. The monoisotopic (exact) mass is 349 g/mol. The molecule has 0 aliphatic carbocycles. The van der Waals surface area contributed by atoms with Gasteiger partial charge in [0, 0.05) is 0 Å². The van der Waals surface area contributed by atoms with Gasteiger partial charge in [0.2, 0.25) is 0 Å². The van der Waals surface area contributed by atoms with Crippen molar-refractivity contribution in [3.8, 4) is 5.75 Å². The number of amides is 1. The van der Waals surface area contributed by atoms with Gasteiger partial charge in [-0.15, -0.1) is 0 Å². The summed E-state index contributed by atoms with van der Waals surface area (Å²) in [6, 6.07) is 14.4. The second kappa shape index (κ2) is 7.80. The van der Waals surface area contributed by atoms with Gasteiger partial charge in [0.05, 0.1) is 17.2 Å². The standard InChI is InChI=1S/C16H19N3O4S/c1-2-23-14-8-10-15(11-9-14)24(21,22)19(12-16(20)18-17)13-6-4-3-5-7-13/h3-11H,2,12,17H2,1H3,(H,18,20). The minimum absolute atomic E-state index is 0.0552. The zero-order chi connectivity index (χ0) is 17.6. The van der Waals surface area contributed by atoms with Gasteiger partial charge in [-0.25, -0.2) is 14.3 Å². The van der Waals surface area contributed by atoms with Crippen LogP contribution in [-0.4, -0.2) is 27.5 Å². The van der Waals surface area contributed by atoms with E-state index in [0.29, 0.717) is 18.0 Å². The van der Waals surface area contributed by atoms with Crippen LogP contribution in [0.4, 0.5) is 5.69 Å². The fourth-order valence-electron chi connectivity index (χ4n) is 2.09. The molecule has 0 heterocycles. The molecule has 0 atom stereocenters. The van der Waals surface area contributed by atoms with Gasteiger partial charge < -0.3 is 4.74 Å². The van der Waals surface area contributed by atoms with Crippen molar-refractivity contribution in [2.75, 3.05) is 17.5 Å². The molecule has 1 amide bonds. The maximum atomic E-state index is 12.9. The summed E-state index contributed by atoms with van der Waals surface area (Å²) in [5.41, 5.74) is 2.32. The summed E-state index contributed by atoms with van der Waals surface area (Å²) in [5.74, 6) is 5.05. The van der Waals surface area contributed by atoms with E-state index in [1.165, 1.54) is 12.1 Å². The molecule has 3 N–H and O–H groups in total. The number of para-hydroxylation sites is 1. The maximum absolute atomic E-state index is 12.9. The predicted octanol–water partition coefficient (Wildman–Crippen LogP) is 1.27. The Morgan fingerprint density at radius 1 is 1.12 bits per heavy atom. The molecule has 8 heteroatoms. The van der Waals surface area contributed by atoms with Crippen molar-refractivity contribution in [1.82, 2.24) is 5.43 Å². The number of nitrogens with two attached hydrogens (primary N) is 1. The second-order valence-electron chi connectivity index (χ2n) is 4.82. The van der Waals surface area contributed by atoms with Crippen molar-refractivity contribution < 1.29 is 17.9 Å². The minimum atomic E-state index is -3.93. The van der Waals surface area contributed by atoms with Gasteiger partial charge in [-0.3, -0.25) is 14.5 Å². The summed E-state index contributed by atoms with van der Waals surface area (Å²) >= 11 is 0. The molecule has 128 valence electrons. The van der Waals surface area contributed by atoms with Gasteiger partial charge in [-0.05, 0) is 43.3 Å². The Kier molecular flexibility index (Phi) is 5.78. The third-order valence-corrected chi connectivity index (χ3v) is 5.00. The van der Waals surface area contributed by atoms with E-state index in [4.69, 9.17) is 10.6 Å². The number of nitrogens with zero attached hydrogens (tertiary/aromatic N) is 1. The Hall–Kier alpha value is -2.58. The number of rotatable bonds is 7. The summed E-state index contributed by atoms with van der Waals surface area (Å²) in [6.07, 6.45) is 0. The molecule has 0 radical (unpaired) electrons. The Bertz CT molecular complexity index is 777. The lowest BCUT2D eigenvalue weighted by atomic mass is 10.3. The van der Waals surface area contributed by atoms with Crippen LogP contribution in [0.15, 0.2) is 59.5 Å². The maximum Gasteiger partial charge on any atom is 0.264 e. The Morgan fingerprint density at radius 2 is 1.75 bits per heavy atom.